The number of nitrogens with zero attached hydrogens (tertiary/aromatic N) is 4. The summed E-state index contributed by atoms with van der Waals surface area (Å²) in [5.74, 6) is 0.630. The van der Waals surface area contributed by atoms with Gasteiger partial charge in [0.25, 0.3) is 0 Å². The predicted molar refractivity (Wildman–Crippen MR) is 83.5 cm³/mol. The van der Waals surface area contributed by atoms with Crippen LogP contribution in [-0.2, 0) is 0 Å². The smallest absolute Gasteiger partial charge is 0.187 e. The largest absolute Gasteiger partial charge is 0.398 e. The summed E-state index contributed by atoms with van der Waals surface area (Å²) in [6, 6.07) is 11.4. The minimum Gasteiger partial charge on any atom is -0.398 e. The molecule has 6 heteroatoms. The van der Waals surface area contributed by atoms with Gasteiger partial charge in [0.2, 0.25) is 0 Å². The first-order valence-electron chi connectivity index (χ1n) is 6.48. The van der Waals surface area contributed by atoms with Crippen molar-refractivity contribution in [3.63, 3.8) is 0 Å². The second-order valence-corrected chi connectivity index (χ2v) is 5.28. The van der Waals surface area contributed by atoms with E-state index in [0.29, 0.717) is 16.5 Å². The first-order chi connectivity index (χ1) is 10.1. The highest BCUT2D eigenvalue weighted by Crippen LogP contribution is 2.27. The van der Waals surface area contributed by atoms with Crippen LogP contribution < -0.4 is 5.73 Å². The number of nitrogens with two attached hydrogens (primary N) is 1. The summed E-state index contributed by atoms with van der Waals surface area (Å²) in [4.78, 5) is 0. The molecule has 0 saturated carbocycles. The van der Waals surface area contributed by atoms with Gasteiger partial charge in [-0.2, -0.15) is 4.68 Å². The number of benzene rings is 2. The second kappa shape index (κ2) is 5.18. The van der Waals surface area contributed by atoms with E-state index in [4.69, 9.17) is 17.3 Å². The molecule has 3 rings (SSSR count). The molecule has 0 spiro atoms. The number of anilines is 1. The number of aryl methyl sites for hydroxylation is 1. The minimum absolute atomic E-state index is 0.489. The zero-order chi connectivity index (χ0) is 15.0. The van der Waals surface area contributed by atoms with Crippen LogP contribution in [0.2, 0.25) is 5.02 Å². The molecule has 1 heterocycles. The summed E-state index contributed by atoms with van der Waals surface area (Å²) in [6.45, 7) is 4.11. The lowest BCUT2D eigenvalue weighted by atomic mass is 10.1. The number of aromatic nitrogens is 4. The topological polar surface area (TPSA) is 69.6 Å². The van der Waals surface area contributed by atoms with E-state index in [1.54, 1.807) is 16.8 Å². The number of hydrogen-bond acceptors (Lipinski definition) is 4. The standard InChI is InChI=1S/C15H14ClN5/c1-9-4-3-5-14(10(9)2)21-15(18-19-20-21)11-6-7-13(17)12(16)8-11/h3-8H,17H2,1-2H3. The molecular formula is C15H14ClN5. The minimum atomic E-state index is 0.489. The maximum absolute atomic E-state index is 6.08. The highest BCUT2D eigenvalue weighted by molar-refractivity contribution is 6.33. The van der Waals surface area contributed by atoms with Gasteiger partial charge in [0, 0.05) is 5.56 Å². The van der Waals surface area contributed by atoms with E-state index in [0.717, 1.165) is 16.8 Å². The van der Waals surface area contributed by atoms with Crippen LogP contribution in [0.3, 0.4) is 0 Å². The molecule has 106 valence electrons. The summed E-state index contributed by atoms with van der Waals surface area (Å²) in [5.41, 5.74) is 10.4. The van der Waals surface area contributed by atoms with Crippen molar-refractivity contribution in [1.82, 2.24) is 20.2 Å². The lowest BCUT2D eigenvalue weighted by molar-refractivity contribution is 0.786. The molecule has 0 fully saturated rings. The Bertz CT molecular complexity index is 810. The molecule has 0 saturated heterocycles. The Morgan fingerprint density at radius 2 is 1.95 bits per heavy atom. The van der Waals surface area contributed by atoms with Crippen LogP contribution in [-0.4, -0.2) is 20.2 Å². The molecular weight excluding hydrogens is 286 g/mol. The van der Waals surface area contributed by atoms with Gasteiger partial charge < -0.3 is 5.73 Å². The fourth-order valence-corrected chi connectivity index (χ4v) is 2.34. The van der Waals surface area contributed by atoms with Crippen LogP contribution in [0.15, 0.2) is 36.4 Å². The molecule has 0 bridgehead atoms. The first-order valence-corrected chi connectivity index (χ1v) is 6.86. The third-order valence-electron chi connectivity index (χ3n) is 3.53. The Kier molecular flexibility index (Phi) is 3.35. The number of tetrazole rings is 1. The highest BCUT2D eigenvalue weighted by Gasteiger charge is 2.14. The summed E-state index contributed by atoms with van der Waals surface area (Å²) in [7, 11) is 0. The summed E-state index contributed by atoms with van der Waals surface area (Å²) in [5, 5.41) is 12.5. The summed E-state index contributed by atoms with van der Waals surface area (Å²) >= 11 is 6.08. The normalized spacial score (nSPS) is 10.8. The van der Waals surface area contributed by atoms with Gasteiger partial charge in [0.15, 0.2) is 5.82 Å². The van der Waals surface area contributed by atoms with Crippen molar-refractivity contribution in [3.8, 4) is 17.1 Å². The van der Waals surface area contributed by atoms with Crippen molar-refractivity contribution in [2.75, 3.05) is 5.73 Å². The van der Waals surface area contributed by atoms with E-state index in [2.05, 4.69) is 28.5 Å². The molecule has 0 aliphatic heterocycles. The van der Waals surface area contributed by atoms with Gasteiger partial charge in [-0.3, -0.25) is 0 Å². The molecule has 0 aliphatic rings. The molecule has 0 radical (unpaired) electrons. The van der Waals surface area contributed by atoms with Gasteiger partial charge in [-0.25, -0.2) is 0 Å². The van der Waals surface area contributed by atoms with Crippen LogP contribution in [0.5, 0.6) is 0 Å². The molecule has 0 atom stereocenters. The Balaban J connectivity index is 2.17. The molecule has 2 aromatic carbocycles. The number of hydrogen-bond donors (Lipinski definition) is 1. The molecule has 1 aromatic heterocycles. The summed E-state index contributed by atoms with van der Waals surface area (Å²) in [6.07, 6.45) is 0. The van der Waals surface area contributed by atoms with Gasteiger partial charge in [0.05, 0.1) is 16.4 Å². The van der Waals surface area contributed by atoms with Gasteiger partial charge >= 0.3 is 0 Å². The fraction of sp³-hybridized carbons (Fsp3) is 0.133. The Morgan fingerprint density at radius 1 is 1.14 bits per heavy atom. The third kappa shape index (κ3) is 2.36. The molecule has 0 amide bonds. The van der Waals surface area contributed by atoms with Crippen LogP contribution in [0.4, 0.5) is 5.69 Å². The van der Waals surface area contributed by atoms with Crippen LogP contribution >= 0.6 is 11.6 Å². The highest BCUT2D eigenvalue weighted by atomic mass is 35.5. The fourth-order valence-electron chi connectivity index (χ4n) is 2.16. The van der Waals surface area contributed by atoms with Crippen LogP contribution in [0.25, 0.3) is 17.1 Å². The zero-order valence-corrected chi connectivity index (χ0v) is 12.5. The van der Waals surface area contributed by atoms with Crippen molar-refractivity contribution < 1.29 is 0 Å². The average Bonchev–Trinajstić information content (AvgIpc) is 2.94. The van der Waals surface area contributed by atoms with E-state index in [1.165, 1.54) is 5.56 Å². The van der Waals surface area contributed by atoms with E-state index < -0.39 is 0 Å². The monoisotopic (exact) mass is 299 g/mol. The van der Waals surface area contributed by atoms with Crippen LogP contribution in [0, 0.1) is 13.8 Å². The van der Waals surface area contributed by atoms with Gasteiger partial charge in [-0.15, -0.1) is 5.10 Å². The molecule has 0 unspecified atom stereocenters. The first kappa shape index (κ1) is 13.6. The van der Waals surface area contributed by atoms with Crippen molar-refractivity contribution in [2.45, 2.75) is 13.8 Å². The Morgan fingerprint density at radius 3 is 2.71 bits per heavy atom. The number of nitrogen functional groups attached to an aromatic ring is 1. The summed E-state index contributed by atoms with van der Waals surface area (Å²) < 4.78 is 1.71. The van der Waals surface area contributed by atoms with Gasteiger partial charge in [-0.1, -0.05) is 23.7 Å². The lowest BCUT2D eigenvalue weighted by Crippen LogP contribution is -2.03. The molecule has 0 aliphatic carbocycles. The van der Waals surface area contributed by atoms with Crippen molar-refractivity contribution in [3.05, 3.63) is 52.5 Å². The van der Waals surface area contributed by atoms with E-state index in [-0.39, 0.29) is 0 Å². The van der Waals surface area contributed by atoms with Crippen LogP contribution in [0.1, 0.15) is 11.1 Å². The lowest BCUT2D eigenvalue weighted by Gasteiger charge is -2.10. The van der Waals surface area contributed by atoms with Crippen molar-refractivity contribution in [2.24, 2.45) is 0 Å². The second-order valence-electron chi connectivity index (χ2n) is 4.87. The van der Waals surface area contributed by atoms with E-state index >= 15 is 0 Å². The molecule has 5 nitrogen and oxygen atoms in total. The van der Waals surface area contributed by atoms with E-state index in [1.807, 2.05) is 25.1 Å². The van der Waals surface area contributed by atoms with Crippen molar-refractivity contribution >= 4 is 17.3 Å². The maximum atomic E-state index is 6.08. The molecule has 21 heavy (non-hydrogen) atoms. The number of rotatable bonds is 2. The number of halogens is 1. The van der Waals surface area contributed by atoms with Crippen molar-refractivity contribution in [1.29, 1.82) is 0 Å². The zero-order valence-electron chi connectivity index (χ0n) is 11.7. The van der Waals surface area contributed by atoms with E-state index in [9.17, 15) is 0 Å². The molecule has 2 N–H and O–H groups in total. The average molecular weight is 300 g/mol. The van der Waals surface area contributed by atoms with Gasteiger partial charge in [0.1, 0.15) is 0 Å². The Hall–Kier alpha value is -2.40. The Labute approximate surface area is 127 Å². The molecule has 3 aromatic rings. The third-order valence-corrected chi connectivity index (χ3v) is 3.86. The van der Waals surface area contributed by atoms with Gasteiger partial charge in [-0.05, 0) is 59.7 Å². The SMILES string of the molecule is Cc1cccc(-n2nnnc2-c2ccc(N)c(Cl)c2)c1C. The maximum Gasteiger partial charge on any atom is 0.187 e. The predicted octanol–water partition coefficient (Wildman–Crippen LogP) is 3.18. The quantitative estimate of drug-likeness (QED) is 0.738.